The van der Waals surface area contributed by atoms with Gasteiger partial charge in [0, 0.05) is 11.6 Å². The van der Waals surface area contributed by atoms with Crippen LogP contribution in [-0.2, 0) is 6.42 Å². The van der Waals surface area contributed by atoms with Gasteiger partial charge < -0.3 is 15.1 Å². The van der Waals surface area contributed by atoms with Gasteiger partial charge in [0.1, 0.15) is 0 Å². The second kappa shape index (κ2) is 8.21. The number of nitrogens with one attached hydrogen (secondary N) is 2. The Morgan fingerprint density at radius 3 is 2.73 bits per heavy atom. The number of hydrogen-bond acceptors (Lipinski definition) is 4. The zero-order valence-corrected chi connectivity index (χ0v) is 15.6. The van der Waals surface area contributed by atoms with Crippen LogP contribution in [0, 0.1) is 6.92 Å². The van der Waals surface area contributed by atoms with E-state index >= 15 is 0 Å². The van der Waals surface area contributed by atoms with Gasteiger partial charge in [-0.3, -0.25) is 9.59 Å². The van der Waals surface area contributed by atoms with E-state index in [-0.39, 0.29) is 17.6 Å². The molecule has 0 saturated carbocycles. The number of halogens is 1. The van der Waals surface area contributed by atoms with Crippen LogP contribution in [0.4, 0.5) is 5.00 Å². The van der Waals surface area contributed by atoms with Crippen LogP contribution in [0.5, 0.6) is 0 Å². The summed E-state index contributed by atoms with van der Waals surface area (Å²) in [4.78, 5) is 25.0. The third-order valence-corrected chi connectivity index (χ3v) is 5.08. The van der Waals surface area contributed by atoms with E-state index in [2.05, 4.69) is 10.6 Å². The zero-order chi connectivity index (χ0) is 18.5. The maximum Gasteiger partial charge on any atom is 0.291 e. The maximum absolute atomic E-state index is 12.4. The molecule has 5 nitrogen and oxygen atoms in total. The normalized spacial score (nSPS) is 10.5. The Balaban J connectivity index is 1.57. The maximum atomic E-state index is 12.4. The van der Waals surface area contributed by atoms with E-state index < -0.39 is 0 Å². The SMILES string of the molecule is Cc1cc(NC(=O)c2ccco2)sc1C(=O)NCCc1cccc(Cl)c1. The van der Waals surface area contributed by atoms with Crippen LogP contribution in [0.1, 0.15) is 31.4 Å². The highest BCUT2D eigenvalue weighted by atomic mass is 35.5. The van der Waals surface area contributed by atoms with Gasteiger partial charge in [-0.1, -0.05) is 23.7 Å². The number of carbonyl (C=O) groups is 2. The molecule has 26 heavy (non-hydrogen) atoms. The Morgan fingerprint density at radius 1 is 1.15 bits per heavy atom. The lowest BCUT2D eigenvalue weighted by Crippen LogP contribution is -2.25. The number of rotatable bonds is 6. The largest absolute Gasteiger partial charge is 0.459 e. The molecule has 0 aliphatic heterocycles. The van der Waals surface area contributed by atoms with Gasteiger partial charge in [0.05, 0.1) is 16.1 Å². The van der Waals surface area contributed by atoms with Gasteiger partial charge in [-0.2, -0.15) is 0 Å². The van der Waals surface area contributed by atoms with Gasteiger partial charge in [0.2, 0.25) is 0 Å². The molecule has 7 heteroatoms. The van der Waals surface area contributed by atoms with Gasteiger partial charge in [0.25, 0.3) is 11.8 Å². The number of anilines is 1. The molecule has 3 aromatic rings. The van der Waals surface area contributed by atoms with E-state index in [1.165, 1.54) is 17.6 Å². The molecule has 1 aromatic carbocycles. The topological polar surface area (TPSA) is 71.3 Å². The minimum absolute atomic E-state index is 0.159. The summed E-state index contributed by atoms with van der Waals surface area (Å²) >= 11 is 7.19. The van der Waals surface area contributed by atoms with E-state index in [0.717, 1.165) is 11.1 Å². The average Bonchev–Trinajstić information content (AvgIpc) is 3.25. The molecular formula is C19H17ClN2O3S. The molecule has 2 amide bonds. The van der Waals surface area contributed by atoms with Gasteiger partial charge in [-0.25, -0.2) is 0 Å². The minimum atomic E-state index is -0.343. The molecule has 0 atom stereocenters. The smallest absolute Gasteiger partial charge is 0.291 e. The first-order valence-corrected chi connectivity index (χ1v) is 9.20. The third-order valence-electron chi connectivity index (χ3n) is 3.69. The minimum Gasteiger partial charge on any atom is -0.459 e. The number of benzene rings is 1. The number of carbonyl (C=O) groups excluding carboxylic acids is 2. The summed E-state index contributed by atoms with van der Waals surface area (Å²) < 4.78 is 5.06. The molecule has 0 bridgehead atoms. The third kappa shape index (κ3) is 4.53. The van der Waals surface area contributed by atoms with Crippen LogP contribution in [-0.4, -0.2) is 18.4 Å². The van der Waals surface area contributed by atoms with Crippen molar-refractivity contribution in [3.63, 3.8) is 0 Å². The quantitative estimate of drug-likeness (QED) is 0.651. The summed E-state index contributed by atoms with van der Waals surface area (Å²) in [6, 6.07) is 12.6. The Labute approximate surface area is 160 Å². The highest BCUT2D eigenvalue weighted by Crippen LogP contribution is 2.27. The van der Waals surface area contributed by atoms with Crippen LogP contribution in [0.2, 0.25) is 5.02 Å². The zero-order valence-electron chi connectivity index (χ0n) is 14.0. The number of furan rings is 1. The standard InChI is InChI=1S/C19H17ClN2O3S/c1-12-10-16(22-18(23)15-6-3-9-25-15)26-17(12)19(24)21-8-7-13-4-2-5-14(20)11-13/h2-6,9-11H,7-8H2,1H3,(H,21,24)(H,22,23). The molecule has 0 unspecified atom stereocenters. The van der Waals surface area contributed by atoms with Gasteiger partial charge in [0.15, 0.2) is 5.76 Å². The lowest BCUT2D eigenvalue weighted by Gasteiger charge is -2.05. The molecule has 134 valence electrons. The van der Waals surface area contributed by atoms with Crippen LogP contribution in [0.15, 0.2) is 53.1 Å². The molecule has 2 N–H and O–H groups in total. The van der Waals surface area contributed by atoms with Gasteiger partial charge in [-0.15, -0.1) is 11.3 Å². The lowest BCUT2D eigenvalue weighted by molar-refractivity contribution is 0.0956. The second-order valence-electron chi connectivity index (χ2n) is 5.69. The number of amides is 2. The number of hydrogen-bond donors (Lipinski definition) is 2. The summed E-state index contributed by atoms with van der Waals surface area (Å²) in [6.45, 7) is 2.34. The molecule has 0 spiro atoms. The molecule has 2 heterocycles. The van der Waals surface area contributed by atoms with E-state index in [1.54, 1.807) is 18.2 Å². The van der Waals surface area contributed by atoms with E-state index in [4.69, 9.17) is 16.0 Å². The van der Waals surface area contributed by atoms with Crippen molar-refractivity contribution >= 4 is 39.8 Å². The van der Waals surface area contributed by atoms with E-state index in [9.17, 15) is 9.59 Å². The second-order valence-corrected chi connectivity index (χ2v) is 7.18. The summed E-state index contributed by atoms with van der Waals surface area (Å²) in [7, 11) is 0. The molecule has 3 rings (SSSR count). The first-order valence-electron chi connectivity index (χ1n) is 8.01. The fourth-order valence-electron chi connectivity index (χ4n) is 2.44. The highest BCUT2D eigenvalue weighted by Gasteiger charge is 2.16. The molecule has 0 aliphatic carbocycles. The van der Waals surface area contributed by atoms with Crippen molar-refractivity contribution in [1.82, 2.24) is 5.32 Å². The Kier molecular flexibility index (Phi) is 5.75. The Bertz CT molecular complexity index is 919. The summed E-state index contributed by atoms with van der Waals surface area (Å²) in [6.07, 6.45) is 2.13. The Hall–Kier alpha value is -2.57. The summed E-state index contributed by atoms with van der Waals surface area (Å²) in [5.74, 6) is -0.277. The van der Waals surface area contributed by atoms with Crippen molar-refractivity contribution in [3.8, 4) is 0 Å². The van der Waals surface area contributed by atoms with Gasteiger partial charge >= 0.3 is 0 Å². The van der Waals surface area contributed by atoms with E-state index in [1.807, 2.05) is 31.2 Å². The number of thiophene rings is 1. The van der Waals surface area contributed by atoms with Crippen molar-refractivity contribution in [3.05, 3.63) is 75.5 Å². The molecule has 0 radical (unpaired) electrons. The summed E-state index contributed by atoms with van der Waals surface area (Å²) in [5, 5.41) is 6.92. The predicted octanol–water partition coefficient (Wildman–Crippen LogP) is 4.53. The molecule has 0 saturated heterocycles. The fourth-order valence-corrected chi connectivity index (χ4v) is 3.64. The average molecular weight is 389 g/mol. The van der Waals surface area contributed by atoms with Crippen LogP contribution in [0.3, 0.4) is 0 Å². The summed E-state index contributed by atoms with van der Waals surface area (Å²) in [5.41, 5.74) is 1.87. The first kappa shape index (κ1) is 18.2. The Morgan fingerprint density at radius 2 is 2.00 bits per heavy atom. The predicted molar refractivity (Wildman–Crippen MR) is 103 cm³/mol. The monoisotopic (exact) mass is 388 g/mol. The van der Waals surface area contributed by atoms with Crippen molar-refractivity contribution in [2.75, 3.05) is 11.9 Å². The molecule has 0 fully saturated rings. The van der Waals surface area contributed by atoms with Crippen LogP contribution < -0.4 is 10.6 Å². The van der Waals surface area contributed by atoms with Crippen molar-refractivity contribution in [2.45, 2.75) is 13.3 Å². The number of aryl methyl sites for hydroxylation is 1. The van der Waals surface area contributed by atoms with Crippen molar-refractivity contribution in [1.29, 1.82) is 0 Å². The first-order chi connectivity index (χ1) is 12.5. The fraction of sp³-hybridized carbons (Fsp3) is 0.158. The molecule has 2 aromatic heterocycles. The molecule has 0 aliphatic rings. The van der Waals surface area contributed by atoms with Gasteiger partial charge in [-0.05, 0) is 54.8 Å². The van der Waals surface area contributed by atoms with E-state index in [0.29, 0.717) is 27.9 Å². The van der Waals surface area contributed by atoms with Crippen LogP contribution in [0.25, 0.3) is 0 Å². The lowest BCUT2D eigenvalue weighted by atomic mass is 10.1. The van der Waals surface area contributed by atoms with Crippen molar-refractivity contribution < 1.29 is 14.0 Å². The van der Waals surface area contributed by atoms with Crippen LogP contribution >= 0.6 is 22.9 Å². The highest BCUT2D eigenvalue weighted by molar-refractivity contribution is 7.18. The molecular weight excluding hydrogens is 372 g/mol. The van der Waals surface area contributed by atoms with Crippen molar-refractivity contribution in [2.24, 2.45) is 0 Å².